The predicted molar refractivity (Wildman–Crippen MR) is 69.6 cm³/mol. The van der Waals surface area contributed by atoms with Gasteiger partial charge in [-0.05, 0) is 32.4 Å². The lowest BCUT2D eigenvalue weighted by atomic mass is 9.98. The molecule has 0 saturated heterocycles. The van der Waals surface area contributed by atoms with Crippen LogP contribution in [0, 0.1) is 5.41 Å². The van der Waals surface area contributed by atoms with Crippen molar-refractivity contribution >= 4 is 0 Å². The van der Waals surface area contributed by atoms with Crippen molar-refractivity contribution in [2.75, 3.05) is 27.7 Å². The molecule has 2 rings (SSSR count). The number of aliphatic hydroxyl groups excluding tert-OH is 1. The summed E-state index contributed by atoms with van der Waals surface area (Å²) in [5.74, 6) is 0.689. The molecule has 0 amide bonds. The Hall–Kier alpha value is -1.07. The highest BCUT2D eigenvalue weighted by atomic mass is 16.5. The van der Waals surface area contributed by atoms with E-state index in [9.17, 15) is 5.11 Å². The topological polar surface area (TPSA) is 50.5 Å². The Balaban J connectivity index is 2.22. The van der Waals surface area contributed by atoms with Crippen LogP contribution >= 0.6 is 0 Å². The molecule has 0 spiro atoms. The quantitative estimate of drug-likeness (QED) is 0.830. The van der Waals surface area contributed by atoms with Crippen LogP contribution in [-0.4, -0.2) is 47.5 Å². The molecule has 1 aromatic heterocycles. The number of ether oxygens (including phenoxy) is 1. The van der Waals surface area contributed by atoms with Gasteiger partial charge in [-0.25, -0.2) is 0 Å². The Morgan fingerprint density at radius 1 is 1.56 bits per heavy atom. The second kappa shape index (κ2) is 4.90. The van der Waals surface area contributed by atoms with E-state index in [0.29, 0.717) is 5.75 Å². The molecule has 1 aliphatic carbocycles. The molecule has 1 aromatic rings. The van der Waals surface area contributed by atoms with Crippen LogP contribution < -0.4 is 4.74 Å². The van der Waals surface area contributed by atoms with Crippen molar-refractivity contribution in [3.8, 4) is 5.75 Å². The van der Waals surface area contributed by atoms with Crippen LogP contribution in [0.25, 0.3) is 0 Å². The SMILES string of the molecule is COc1cnn(CCN(C)C)c1C(O)C1(C)CC1. The summed E-state index contributed by atoms with van der Waals surface area (Å²) in [6, 6.07) is 0. The van der Waals surface area contributed by atoms with Gasteiger partial charge in [0.15, 0.2) is 5.75 Å². The van der Waals surface area contributed by atoms with Crippen molar-refractivity contribution in [3.63, 3.8) is 0 Å². The standard InChI is InChI=1S/C13H23N3O2/c1-13(5-6-13)12(17)11-10(18-4)9-14-16(11)8-7-15(2)3/h9,12,17H,5-8H2,1-4H3. The maximum Gasteiger partial charge on any atom is 0.162 e. The molecule has 0 radical (unpaired) electrons. The second-order valence-electron chi connectivity index (χ2n) is 5.68. The molecule has 5 nitrogen and oxygen atoms in total. The molecule has 1 heterocycles. The van der Waals surface area contributed by atoms with Crippen molar-refractivity contribution in [1.82, 2.24) is 14.7 Å². The number of hydrogen-bond acceptors (Lipinski definition) is 4. The van der Waals surface area contributed by atoms with E-state index in [1.165, 1.54) is 0 Å². The third kappa shape index (κ3) is 2.52. The molecule has 1 fully saturated rings. The second-order valence-corrected chi connectivity index (χ2v) is 5.68. The Morgan fingerprint density at radius 2 is 2.22 bits per heavy atom. The van der Waals surface area contributed by atoms with Gasteiger partial charge >= 0.3 is 0 Å². The summed E-state index contributed by atoms with van der Waals surface area (Å²) in [7, 11) is 5.68. The zero-order valence-corrected chi connectivity index (χ0v) is 11.7. The van der Waals surface area contributed by atoms with Crippen LogP contribution in [0.2, 0.25) is 0 Å². The van der Waals surface area contributed by atoms with E-state index >= 15 is 0 Å². The molecule has 18 heavy (non-hydrogen) atoms. The first-order valence-corrected chi connectivity index (χ1v) is 6.40. The average Bonchev–Trinajstić information content (AvgIpc) is 2.95. The Bertz CT molecular complexity index is 410. The summed E-state index contributed by atoms with van der Waals surface area (Å²) < 4.78 is 7.19. The first-order chi connectivity index (χ1) is 8.48. The molecule has 0 aliphatic heterocycles. The van der Waals surface area contributed by atoms with Crippen LogP contribution in [0.5, 0.6) is 5.75 Å². The molecule has 1 saturated carbocycles. The lowest BCUT2D eigenvalue weighted by molar-refractivity contribution is 0.0906. The molecule has 0 bridgehead atoms. The minimum atomic E-state index is -0.489. The maximum atomic E-state index is 10.5. The fourth-order valence-electron chi connectivity index (χ4n) is 2.08. The van der Waals surface area contributed by atoms with Crippen molar-refractivity contribution < 1.29 is 9.84 Å². The van der Waals surface area contributed by atoms with Crippen LogP contribution in [-0.2, 0) is 6.54 Å². The van der Waals surface area contributed by atoms with E-state index in [-0.39, 0.29) is 5.41 Å². The summed E-state index contributed by atoms with van der Waals surface area (Å²) in [4.78, 5) is 2.10. The molecular formula is C13H23N3O2. The van der Waals surface area contributed by atoms with Gasteiger partial charge in [0, 0.05) is 6.54 Å². The van der Waals surface area contributed by atoms with E-state index in [0.717, 1.165) is 31.6 Å². The van der Waals surface area contributed by atoms with Crippen LogP contribution in [0.3, 0.4) is 0 Å². The number of aromatic nitrogens is 2. The van der Waals surface area contributed by atoms with Crippen molar-refractivity contribution in [1.29, 1.82) is 0 Å². The first kappa shape index (κ1) is 13.4. The van der Waals surface area contributed by atoms with E-state index in [2.05, 4.69) is 16.9 Å². The highest BCUT2D eigenvalue weighted by molar-refractivity contribution is 5.29. The van der Waals surface area contributed by atoms with Crippen LogP contribution in [0.15, 0.2) is 6.20 Å². The van der Waals surface area contributed by atoms with E-state index in [1.807, 2.05) is 18.8 Å². The monoisotopic (exact) mass is 253 g/mol. The van der Waals surface area contributed by atoms with Gasteiger partial charge in [0.1, 0.15) is 11.8 Å². The molecule has 1 unspecified atom stereocenters. The van der Waals surface area contributed by atoms with Crippen molar-refractivity contribution in [3.05, 3.63) is 11.9 Å². The third-order valence-electron chi connectivity index (χ3n) is 3.78. The maximum absolute atomic E-state index is 10.5. The lowest BCUT2D eigenvalue weighted by Gasteiger charge is -2.21. The summed E-state index contributed by atoms with van der Waals surface area (Å²) in [5.41, 5.74) is 0.822. The predicted octanol–water partition coefficient (Wildman–Crippen LogP) is 1.29. The van der Waals surface area contributed by atoms with E-state index < -0.39 is 6.10 Å². The number of hydrogen-bond donors (Lipinski definition) is 1. The molecule has 5 heteroatoms. The smallest absolute Gasteiger partial charge is 0.162 e. The molecule has 1 N–H and O–H groups in total. The van der Waals surface area contributed by atoms with E-state index in [4.69, 9.17) is 4.74 Å². The largest absolute Gasteiger partial charge is 0.493 e. The Kier molecular flexibility index (Phi) is 3.64. The number of aliphatic hydroxyl groups is 1. The van der Waals surface area contributed by atoms with Crippen LogP contribution in [0.4, 0.5) is 0 Å². The number of rotatable bonds is 6. The van der Waals surface area contributed by atoms with Gasteiger partial charge < -0.3 is 14.7 Å². The number of likely N-dealkylation sites (N-methyl/N-ethyl adjacent to an activating group) is 1. The number of nitrogens with zero attached hydrogens (tertiary/aromatic N) is 3. The van der Waals surface area contributed by atoms with Crippen molar-refractivity contribution in [2.45, 2.75) is 32.4 Å². The third-order valence-corrected chi connectivity index (χ3v) is 3.78. The van der Waals surface area contributed by atoms with Gasteiger partial charge in [-0.3, -0.25) is 4.68 Å². The normalized spacial score (nSPS) is 19.0. The zero-order valence-electron chi connectivity index (χ0n) is 11.7. The van der Waals surface area contributed by atoms with Crippen molar-refractivity contribution in [2.24, 2.45) is 5.41 Å². The van der Waals surface area contributed by atoms with Gasteiger partial charge in [-0.2, -0.15) is 5.10 Å². The van der Waals surface area contributed by atoms with Gasteiger partial charge in [-0.15, -0.1) is 0 Å². The van der Waals surface area contributed by atoms with Crippen LogP contribution in [0.1, 0.15) is 31.6 Å². The van der Waals surface area contributed by atoms with E-state index in [1.54, 1.807) is 13.3 Å². The zero-order chi connectivity index (χ0) is 13.3. The lowest BCUT2D eigenvalue weighted by Crippen LogP contribution is -2.23. The van der Waals surface area contributed by atoms with Gasteiger partial charge in [0.05, 0.1) is 19.9 Å². The minimum Gasteiger partial charge on any atom is -0.493 e. The summed E-state index contributed by atoms with van der Waals surface area (Å²) in [5, 5.41) is 14.8. The van der Waals surface area contributed by atoms with Gasteiger partial charge in [-0.1, -0.05) is 6.92 Å². The number of methoxy groups -OCH3 is 1. The summed E-state index contributed by atoms with van der Waals surface area (Å²) in [6.45, 7) is 3.76. The first-order valence-electron chi connectivity index (χ1n) is 6.40. The Labute approximate surface area is 108 Å². The molecule has 1 aliphatic rings. The fraction of sp³-hybridized carbons (Fsp3) is 0.769. The fourth-order valence-corrected chi connectivity index (χ4v) is 2.08. The summed E-state index contributed by atoms with van der Waals surface area (Å²) in [6.07, 6.45) is 3.34. The average molecular weight is 253 g/mol. The highest BCUT2D eigenvalue weighted by Gasteiger charge is 2.47. The van der Waals surface area contributed by atoms with Gasteiger partial charge in [0.2, 0.25) is 0 Å². The summed E-state index contributed by atoms with van der Waals surface area (Å²) >= 11 is 0. The Morgan fingerprint density at radius 3 is 2.72 bits per heavy atom. The molecule has 102 valence electrons. The minimum absolute atomic E-state index is 0.00315. The highest BCUT2D eigenvalue weighted by Crippen LogP contribution is 2.55. The molecular weight excluding hydrogens is 230 g/mol. The van der Waals surface area contributed by atoms with Gasteiger partial charge in [0.25, 0.3) is 0 Å². The molecule has 1 atom stereocenters. The molecule has 0 aromatic carbocycles.